The lowest BCUT2D eigenvalue weighted by Crippen LogP contribution is -2.34. The number of benzene rings is 2. The van der Waals surface area contributed by atoms with Gasteiger partial charge in [0.25, 0.3) is 6.43 Å². The first-order chi connectivity index (χ1) is 13.1. The van der Waals surface area contributed by atoms with Crippen molar-refractivity contribution in [3.63, 3.8) is 0 Å². The Labute approximate surface area is 154 Å². The zero-order valence-corrected chi connectivity index (χ0v) is 14.1. The molecule has 1 atom stereocenters. The second-order valence-electron chi connectivity index (χ2n) is 6.18. The number of rotatable bonds is 3. The topological polar surface area (TPSA) is 60.2 Å². The molecule has 0 bridgehead atoms. The van der Waals surface area contributed by atoms with Crippen LogP contribution in [0.4, 0.5) is 25.0 Å². The largest absolute Gasteiger partial charge is 0.330 e. The molecule has 1 aliphatic rings. The predicted octanol–water partition coefficient (Wildman–Crippen LogP) is 4.51. The van der Waals surface area contributed by atoms with Gasteiger partial charge in [0, 0.05) is 28.2 Å². The molecule has 1 fully saturated rings. The second-order valence-corrected chi connectivity index (χ2v) is 6.18. The summed E-state index contributed by atoms with van der Waals surface area (Å²) in [6.45, 7) is 0.0885. The molecule has 3 aromatic rings. The Bertz CT molecular complexity index is 1060. The molecular formula is C20H14F2N4O. The number of pyridine rings is 1. The van der Waals surface area contributed by atoms with Crippen LogP contribution in [0, 0.1) is 11.3 Å². The quantitative estimate of drug-likeness (QED) is 0.687. The summed E-state index contributed by atoms with van der Waals surface area (Å²) >= 11 is 0. The predicted molar refractivity (Wildman–Crippen MR) is 97.8 cm³/mol. The normalized spacial score (nSPS) is 17.0. The molecule has 134 valence electrons. The lowest BCUT2D eigenvalue weighted by molar-refractivity contribution is 0.151. The van der Waals surface area contributed by atoms with Gasteiger partial charge in [0.05, 0.1) is 24.5 Å². The number of halogens is 2. The number of nitrogens with zero attached hydrogens (tertiary/aromatic N) is 4. The number of fused-ring (bicyclic) bond motifs is 1. The standard InChI is InChI=1S/C20H14F2N4O/c21-19(22)13-5-3-6-15(8-13)25-12-16(9-23)26(20(25)27)18-11-24-10-14-4-1-2-7-17(14)18/h1-8,10-11,16,19H,12H2. The maximum absolute atomic E-state index is 13.1. The molecule has 0 spiro atoms. The third kappa shape index (κ3) is 2.85. The summed E-state index contributed by atoms with van der Waals surface area (Å²) in [4.78, 5) is 20.0. The minimum atomic E-state index is -2.63. The molecule has 7 heteroatoms. The van der Waals surface area contributed by atoms with Crippen molar-refractivity contribution in [1.29, 1.82) is 5.26 Å². The Kier molecular flexibility index (Phi) is 4.16. The fraction of sp³-hybridized carbons (Fsp3) is 0.150. The maximum Gasteiger partial charge on any atom is 0.330 e. The number of carbonyl (C=O) groups excluding carboxylic acids is 1. The smallest absolute Gasteiger partial charge is 0.291 e. The summed E-state index contributed by atoms with van der Waals surface area (Å²) in [5.41, 5.74) is 0.699. The van der Waals surface area contributed by atoms with Gasteiger partial charge in [0.2, 0.25) is 0 Å². The number of hydrogen-bond donors (Lipinski definition) is 0. The summed E-state index contributed by atoms with van der Waals surface area (Å²) in [5, 5.41) is 11.2. The first-order valence-electron chi connectivity index (χ1n) is 8.31. The first-order valence-corrected chi connectivity index (χ1v) is 8.31. The van der Waals surface area contributed by atoms with Crippen LogP contribution < -0.4 is 9.80 Å². The molecule has 0 aliphatic carbocycles. The van der Waals surface area contributed by atoms with E-state index in [4.69, 9.17) is 0 Å². The average molecular weight is 364 g/mol. The Morgan fingerprint density at radius 1 is 1.15 bits per heavy atom. The monoisotopic (exact) mass is 364 g/mol. The van der Waals surface area contributed by atoms with Gasteiger partial charge in [0.1, 0.15) is 6.04 Å². The zero-order chi connectivity index (χ0) is 19.0. The zero-order valence-electron chi connectivity index (χ0n) is 14.1. The molecule has 0 N–H and O–H groups in total. The molecule has 2 amide bonds. The maximum atomic E-state index is 13.1. The number of aromatic nitrogens is 1. The number of anilines is 2. The van der Waals surface area contributed by atoms with Crippen molar-refractivity contribution in [2.75, 3.05) is 16.3 Å². The fourth-order valence-corrected chi connectivity index (χ4v) is 3.30. The molecule has 5 nitrogen and oxygen atoms in total. The van der Waals surface area contributed by atoms with E-state index in [1.54, 1.807) is 18.5 Å². The summed E-state index contributed by atoms with van der Waals surface area (Å²) in [7, 11) is 0. The number of nitriles is 1. The molecule has 2 heterocycles. The van der Waals surface area contributed by atoms with Gasteiger partial charge in [-0.2, -0.15) is 5.26 Å². The van der Waals surface area contributed by atoms with Gasteiger partial charge >= 0.3 is 6.03 Å². The number of hydrogen-bond acceptors (Lipinski definition) is 3. The second kappa shape index (κ2) is 6.65. The van der Waals surface area contributed by atoms with Gasteiger partial charge < -0.3 is 0 Å². The van der Waals surface area contributed by atoms with Crippen LogP contribution in [0.1, 0.15) is 12.0 Å². The first kappa shape index (κ1) is 16.9. The molecule has 4 rings (SSSR count). The number of amides is 2. The minimum absolute atomic E-state index is 0.0885. The molecule has 1 aromatic heterocycles. The van der Waals surface area contributed by atoms with Gasteiger partial charge in [-0.25, -0.2) is 13.6 Å². The van der Waals surface area contributed by atoms with E-state index < -0.39 is 18.5 Å². The van der Waals surface area contributed by atoms with Crippen molar-refractivity contribution in [2.24, 2.45) is 0 Å². The highest BCUT2D eigenvalue weighted by Gasteiger charge is 2.40. The average Bonchev–Trinajstić information content (AvgIpc) is 3.04. The third-order valence-corrected chi connectivity index (χ3v) is 4.59. The molecule has 27 heavy (non-hydrogen) atoms. The van der Waals surface area contributed by atoms with Crippen molar-refractivity contribution in [3.05, 3.63) is 66.5 Å². The van der Waals surface area contributed by atoms with E-state index in [1.807, 2.05) is 24.3 Å². The molecular weight excluding hydrogens is 350 g/mol. The Balaban J connectivity index is 1.78. The van der Waals surface area contributed by atoms with Crippen LogP contribution in [-0.2, 0) is 0 Å². The number of carbonyl (C=O) groups is 1. The van der Waals surface area contributed by atoms with Crippen molar-refractivity contribution in [3.8, 4) is 6.07 Å². The lowest BCUT2D eigenvalue weighted by Gasteiger charge is -2.21. The summed E-state index contributed by atoms with van der Waals surface area (Å²) in [5.74, 6) is 0. The highest BCUT2D eigenvalue weighted by molar-refractivity contribution is 6.11. The van der Waals surface area contributed by atoms with Crippen molar-refractivity contribution in [2.45, 2.75) is 12.5 Å². The van der Waals surface area contributed by atoms with E-state index in [1.165, 1.54) is 28.0 Å². The summed E-state index contributed by atoms with van der Waals surface area (Å²) in [6.07, 6.45) is 0.599. The van der Waals surface area contributed by atoms with Crippen LogP contribution in [0.25, 0.3) is 10.8 Å². The van der Waals surface area contributed by atoms with Crippen LogP contribution in [0.2, 0.25) is 0 Å². The van der Waals surface area contributed by atoms with E-state index in [0.717, 1.165) is 10.8 Å². The number of urea groups is 1. The van der Waals surface area contributed by atoms with E-state index >= 15 is 0 Å². The highest BCUT2D eigenvalue weighted by Crippen LogP contribution is 2.34. The van der Waals surface area contributed by atoms with Gasteiger partial charge in [-0.3, -0.25) is 14.8 Å². The van der Waals surface area contributed by atoms with Gasteiger partial charge in [-0.1, -0.05) is 36.4 Å². The van der Waals surface area contributed by atoms with E-state index in [-0.39, 0.29) is 12.1 Å². The molecule has 0 radical (unpaired) electrons. The van der Waals surface area contributed by atoms with Gasteiger partial charge in [-0.05, 0) is 12.1 Å². The van der Waals surface area contributed by atoms with Gasteiger partial charge in [-0.15, -0.1) is 0 Å². The van der Waals surface area contributed by atoms with E-state index in [0.29, 0.717) is 11.4 Å². The lowest BCUT2D eigenvalue weighted by atomic mass is 10.1. The molecule has 1 unspecified atom stereocenters. The highest BCUT2D eigenvalue weighted by atomic mass is 19.3. The Morgan fingerprint density at radius 2 is 1.96 bits per heavy atom. The minimum Gasteiger partial charge on any atom is -0.291 e. The van der Waals surface area contributed by atoms with Crippen LogP contribution in [0.5, 0.6) is 0 Å². The summed E-state index contributed by atoms with van der Waals surface area (Å²) in [6, 6.07) is 14.0. The van der Waals surface area contributed by atoms with Crippen LogP contribution in [-0.4, -0.2) is 23.6 Å². The number of alkyl halides is 2. The molecule has 0 saturated carbocycles. The third-order valence-electron chi connectivity index (χ3n) is 4.59. The van der Waals surface area contributed by atoms with E-state index in [9.17, 15) is 18.8 Å². The van der Waals surface area contributed by atoms with Crippen LogP contribution in [0.3, 0.4) is 0 Å². The van der Waals surface area contributed by atoms with Gasteiger partial charge in [0.15, 0.2) is 0 Å². The van der Waals surface area contributed by atoms with Crippen LogP contribution >= 0.6 is 0 Å². The van der Waals surface area contributed by atoms with Crippen molar-refractivity contribution in [1.82, 2.24) is 4.98 Å². The van der Waals surface area contributed by atoms with E-state index in [2.05, 4.69) is 11.1 Å². The Morgan fingerprint density at radius 3 is 2.74 bits per heavy atom. The van der Waals surface area contributed by atoms with Crippen LogP contribution in [0.15, 0.2) is 60.9 Å². The Hall–Kier alpha value is -3.53. The molecule has 1 aliphatic heterocycles. The SMILES string of the molecule is N#CC1CN(c2cccc(C(F)F)c2)C(=O)N1c1cncc2ccccc12. The summed E-state index contributed by atoms with van der Waals surface area (Å²) < 4.78 is 26.0. The molecule has 2 aromatic carbocycles. The fourth-order valence-electron chi connectivity index (χ4n) is 3.30. The van der Waals surface area contributed by atoms with Crippen molar-refractivity contribution < 1.29 is 13.6 Å². The van der Waals surface area contributed by atoms with Crippen molar-refractivity contribution >= 4 is 28.2 Å². The molecule has 1 saturated heterocycles.